The number of nitrogens with zero attached hydrogens (tertiary/aromatic N) is 1. The largest absolute Gasteiger partial charge is 0.385 e. The predicted octanol–water partition coefficient (Wildman–Crippen LogP) is 1.61. The molecule has 2 aliphatic rings. The number of fused-ring (bicyclic) bond motifs is 2. The van der Waals surface area contributed by atoms with Crippen molar-refractivity contribution in [2.24, 2.45) is 17.8 Å². The van der Waals surface area contributed by atoms with Crippen molar-refractivity contribution in [3.63, 3.8) is 0 Å². The molecule has 1 heterocycles. The minimum absolute atomic E-state index is 0.323. The number of benzene rings is 1. The van der Waals surface area contributed by atoms with Gasteiger partial charge < -0.3 is 5.11 Å². The SMILES string of the molecule is CS(=O)(=O)NCC1C2CC(O)(c3cc(Cl)cc4[nH]ncc34)CC12. The minimum atomic E-state index is -3.16. The van der Waals surface area contributed by atoms with E-state index in [1.807, 2.05) is 6.07 Å². The molecule has 0 saturated heterocycles. The highest BCUT2D eigenvalue weighted by molar-refractivity contribution is 7.88. The number of H-pyrrole nitrogens is 1. The van der Waals surface area contributed by atoms with Gasteiger partial charge in [-0.2, -0.15) is 5.10 Å². The summed E-state index contributed by atoms with van der Waals surface area (Å²) in [6, 6.07) is 3.61. The number of sulfonamides is 1. The molecule has 0 aliphatic heterocycles. The molecule has 23 heavy (non-hydrogen) atoms. The molecule has 124 valence electrons. The number of hydrogen-bond donors (Lipinski definition) is 3. The van der Waals surface area contributed by atoms with Crippen LogP contribution in [-0.4, -0.2) is 36.5 Å². The molecule has 2 unspecified atom stereocenters. The van der Waals surface area contributed by atoms with E-state index in [0.717, 1.165) is 16.5 Å². The molecule has 3 N–H and O–H groups in total. The van der Waals surface area contributed by atoms with Crippen LogP contribution >= 0.6 is 11.6 Å². The van der Waals surface area contributed by atoms with Crippen molar-refractivity contribution in [1.29, 1.82) is 0 Å². The van der Waals surface area contributed by atoms with Gasteiger partial charge in [-0.15, -0.1) is 0 Å². The van der Waals surface area contributed by atoms with Gasteiger partial charge >= 0.3 is 0 Å². The molecule has 2 aliphatic carbocycles. The van der Waals surface area contributed by atoms with Crippen molar-refractivity contribution in [2.45, 2.75) is 18.4 Å². The van der Waals surface area contributed by atoms with Gasteiger partial charge in [-0.05, 0) is 48.3 Å². The van der Waals surface area contributed by atoms with Gasteiger partial charge in [-0.1, -0.05) is 11.6 Å². The van der Waals surface area contributed by atoms with Crippen LogP contribution < -0.4 is 4.72 Å². The number of halogens is 1. The van der Waals surface area contributed by atoms with E-state index in [-0.39, 0.29) is 0 Å². The Morgan fingerprint density at radius 3 is 2.78 bits per heavy atom. The fourth-order valence-electron chi connectivity index (χ4n) is 4.16. The smallest absolute Gasteiger partial charge is 0.208 e. The summed E-state index contributed by atoms with van der Waals surface area (Å²) in [6.07, 6.45) is 4.15. The Morgan fingerprint density at radius 1 is 1.43 bits per heavy atom. The van der Waals surface area contributed by atoms with Crippen LogP contribution in [0.2, 0.25) is 5.02 Å². The van der Waals surface area contributed by atoms with Gasteiger partial charge in [0.2, 0.25) is 10.0 Å². The fourth-order valence-corrected chi connectivity index (χ4v) is 4.88. The maximum Gasteiger partial charge on any atom is 0.208 e. The first-order valence-corrected chi connectivity index (χ1v) is 9.84. The summed E-state index contributed by atoms with van der Waals surface area (Å²) >= 11 is 6.16. The molecular weight excluding hydrogens is 338 g/mol. The van der Waals surface area contributed by atoms with E-state index in [1.54, 1.807) is 12.3 Å². The van der Waals surface area contributed by atoms with E-state index in [9.17, 15) is 13.5 Å². The zero-order chi connectivity index (χ0) is 16.4. The summed E-state index contributed by atoms with van der Waals surface area (Å²) in [5.41, 5.74) is 0.719. The summed E-state index contributed by atoms with van der Waals surface area (Å²) in [4.78, 5) is 0. The lowest BCUT2D eigenvalue weighted by Crippen LogP contribution is -2.29. The highest BCUT2D eigenvalue weighted by Gasteiger charge is 2.61. The number of rotatable bonds is 4. The van der Waals surface area contributed by atoms with E-state index >= 15 is 0 Å². The molecule has 2 fully saturated rings. The zero-order valence-electron chi connectivity index (χ0n) is 12.6. The second kappa shape index (κ2) is 4.92. The van der Waals surface area contributed by atoms with E-state index < -0.39 is 15.6 Å². The average Bonchev–Trinajstić information content (AvgIpc) is 2.82. The lowest BCUT2D eigenvalue weighted by molar-refractivity contribution is 0.0277. The molecule has 0 spiro atoms. The molecular formula is C15H18ClN3O3S. The van der Waals surface area contributed by atoms with E-state index in [4.69, 9.17) is 11.6 Å². The molecule has 1 aromatic heterocycles. The molecule has 1 aromatic carbocycles. The molecule has 8 heteroatoms. The van der Waals surface area contributed by atoms with E-state index in [0.29, 0.717) is 42.2 Å². The van der Waals surface area contributed by atoms with Crippen molar-refractivity contribution in [2.75, 3.05) is 12.8 Å². The van der Waals surface area contributed by atoms with E-state index in [1.165, 1.54) is 6.26 Å². The molecule has 4 rings (SSSR count). The Hall–Kier alpha value is -1.15. The number of aromatic nitrogens is 2. The fraction of sp³-hybridized carbons (Fsp3) is 0.533. The van der Waals surface area contributed by atoms with Crippen molar-refractivity contribution in [3.8, 4) is 0 Å². The quantitative estimate of drug-likeness (QED) is 0.776. The molecule has 2 aromatic rings. The molecule has 0 bridgehead atoms. The Morgan fingerprint density at radius 2 is 2.13 bits per heavy atom. The van der Waals surface area contributed by atoms with E-state index in [2.05, 4.69) is 14.9 Å². The maximum atomic E-state index is 11.2. The number of nitrogens with one attached hydrogen (secondary N) is 2. The standard InChI is InChI=1S/C15H18ClN3O3S/c1-23(21,22)18-7-11-9-4-15(20,5-10(9)11)13-2-8(16)3-14-12(13)6-17-19-14/h2-3,6,9-11,18,20H,4-5,7H2,1H3,(H,17,19). The number of aromatic amines is 1. The van der Waals surface area contributed by atoms with Gasteiger partial charge in [0, 0.05) is 17.0 Å². The van der Waals surface area contributed by atoms with Gasteiger partial charge in [0.1, 0.15) is 0 Å². The van der Waals surface area contributed by atoms with Crippen LogP contribution in [0.25, 0.3) is 10.9 Å². The first kappa shape index (κ1) is 15.4. The lowest BCUT2D eigenvalue weighted by Gasteiger charge is -2.27. The summed E-state index contributed by atoms with van der Waals surface area (Å²) in [5, 5.41) is 19.5. The Balaban J connectivity index is 1.55. The van der Waals surface area contributed by atoms with Crippen molar-refractivity contribution < 1.29 is 13.5 Å². The van der Waals surface area contributed by atoms with Crippen LogP contribution in [0.15, 0.2) is 18.3 Å². The van der Waals surface area contributed by atoms with Gasteiger partial charge in [0.05, 0.1) is 23.6 Å². The topological polar surface area (TPSA) is 95.1 Å². The first-order chi connectivity index (χ1) is 10.8. The van der Waals surface area contributed by atoms with Crippen LogP contribution in [-0.2, 0) is 15.6 Å². The second-order valence-corrected chi connectivity index (χ2v) is 9.11. The number of hydrogen-bond acceptors (Lipinski definition) is 4. The lowest BCUT2D eigenvalue weighted by atomic mass is 9.85. The third kappa shape index (κ3) is 2.65. The van der Waals surface area contributed by atoms with Gasteiger partial charge in [-0.3, -0.25) is 5.10 Å². The highest BCUT2D eigenvalue weighted by Crippen LogP contribution is 2.63. The van der Waals surface area contributed by atoms with Crippen molar-refractivity contribution in [1.82, 2.24) is 14.9 Å². The summed E-state index contributed by atoms with van der Waals surface area (Å²) in [7, 11) is -3.16. The zero-order valence-corrected chi connectivity index (χ0v) is 14.2. The highest BCUT2D eigenvalue weighted by atomic mass is 35.5. The van der Waals surface area contributed by atoms with Crippen LogP contribution in [0.5, 0.6) is 0 Å². The Labute approximate surface area is 139 Å². The first-order valence-electron chi connectivity index (χ1n) is 7.57. The summed E-state index contributed by atoms with van der Waals surface area (Å²) in [5.74, 6) is 1.04. The normalized spacial score (nSPS) is 33.1. The summed E-state index contributed by atoms with van der Waals surface area (Å²) in [6.45, 7) is 0.459. The molecule has 2 saturated carbocycles. The summed E-state index contributed by atoms with van der Waals surface area (Å²) < 4.78 is 25.0. The third-order valence-corrected chi connectivity index (χ3v) is 6.17. The van der Waals surface area contributed by atoms with Gasteiger partial charge in [0.15, 0.2) is 0 Å². The van der Waals surface area contributed by atoms with Crippen molar-refractivity contribution >= 4 is 32.5 Å². The van der Waals surface area contributed by atoms with Crippen LogP contribution in [0.3, 0.4) is 0 Å². The average molecular weight is 356 g/mol. The maximum absolute atomic E-state index is 11.2. The Bertz CT molecular complexity index is 867. The second-order valence-electron chi connectivity index (χ2n) is 6.84. The van der Waals surface area contributed by atoms with Gasteiger partial charge in [-0.25, -0.2) is 13.1 Å². The third-order valence-electron chi connectivity index (χ3n) is 5.26. The number of aliphatic hydroxyl groups is 1. The Kier molecular flexibility index (Phi) is 3.29. The molecule has 6 nitrogen and oxygen atoms in total. The van der Waals surface area contributed by atoms with Crippen LogP contribution in [0.4, 0.5) is 0 Å². The van der Waals surface area contributed by atoms with Gasteiger partial charge in [0.25, 0.3) is 0 Å². The minimum Gasteiger partial charge on any atom is -0.385 e. The molecule has 0 amide bonds. The monoisotopic (exact) mass is 355 g/mol. The van der Waals surface area contributed by atoms with Crippen LogP contribution in [0.1, 0.15) is 18.4 Å². The predicted molar refractivity (Wildman–Crippen MR) is 87.6 cm³/mol. The molecule has 0 radical (unpaired) electrons. The molecule has 2 atom stereocenters. The van der Waals surface area contributed by atoms with Crippen molar-refractivity contribution in [3.05, 3.63) is 28.9 Å². The van der Waals surface area contributed by atoms with Crippen LogP contribution in [0, 0.1) is 17.8 Å².